The van der Waals surface area contributed by atoms with Crippen molar-refractivity contribution in [2.24, 2.45) is 0 Å². The molecule has 8 nitrogen and oxygen atoms in total. The van der Waals surface area contributed by atoms with Crippen LogP contribution in [0.4, 0.5) is 26.4 Å². The van der Waals surface area contributed by atoms with Crippen LogP contribution in [0.3, 0.4) is 0 Å². The fourth-order valence-corrected chi connectivity index (χ4v) is 3.52. The van der Waals surface area contributed by atoms with Crippen molar-refractivity contribution in [3.05, 3.63) is 71.9 Å². The number of hydrogen-bond donors (Lipinski definition) is 3. The van der Waals surface area contributed by atoms with Gasteiger partial charge in [0.15, 0.2) is 0 Å². The van der Waals surface area contributed by atoms with E-state index in [1.54, 1.807) is 19.9 Å². The number of urea groups is 1. The number of benzene rings is 2. The lowest BCUT2D eigenvalue weighted by Gasteiger charge is -2.10. The predicted molar refractivity (Wildman–Crippen MR) is 108 cm³/mol. The molecule has 3 aromatic rings. The number of anilines is 3. The van der Waals surface area contributed by atoms with Crippen molar-refractivity contribution in [3.63, 3.8) is 0 Å². The Morgan fingerprint density at radius 3 is 2.31 bits per heavy atom. The molecular weight excluding hydrogens is 397 g/mol. The van der Waals surface area contributed by atoms with Crippen molar-refractivity contribution >= 4 is 33.2 Å². The minimum Gasteiger partial charge on any atom is -0.308 e. The molecule has 0 aliphatic rings. The standard InChI is InChI=1S/C19H18FN5O3S/c1-12-11-18(22-13(2)21-12)25-29(27,28)15-9-7-14(8-10-15)23-19(26)24-17-6-4-3-5-16(17)20/h3-11H,1-2H3,(H,21,22,25)(H2,23,24,26). The molecule has 3 rings (SSSR count). The molecule has 10 heteroatoms. The SMILES string of the molecule is Cc1cc(NS(=O)(=O)c2ccc(NC(=O)Nc3ccccc3F)cc2)nc(C)n1. The smallest absolute Gasteiger partial charge is 0.308 e. The summed E-state index contributed by atoms with van der Waals surface area (Å²) in [6, 6.07) is 12.1. The molecule has 29 heavy (non-hydrogen) atoms. The first kappa shape index (κ1) is 20.2. The predicted octanol–water partition coefficient (Wildman–Crippen LogP) is 3.68. The largest absolute Gasteiger partial charge is 0.323 e. The van der Waals surface area contributed by atoms with E-state index in [0.717, 1.165) is 0 Å². The Bertz CT molecular complexity index is 1130. The number of sulfonamides is 1. The maximum atomic E-state index is 13.6. The van der Waals surface area contributed by atoms with Gasteiger partial charge in [-0.2, -0.15) is 0 Å². The van der Waals surface area contributed by atoms with Gasteiger partial charge < -0.3 is 10.6 Å². The molecule has 0 spiro atoms. The first-order valence-electron chi connectivity index (χ1n) is 8.51. The summed E-state index contributed by atoms with van der Waals surface area (Å²) in [5, 5.41) is 4.89. The summed E-state index contributed by atoms with van der Waals surface area (Å²) in [4.78, 5) is 20.1. The first-order valence-corrected chi connectivity index (χ1v) is 9.99. The van der Waals surface area contributed by atoms with Crippen LogP contribution in [0.1, 0.15) is 11.5 Å². The van der Waals surface area contributed by atoms with Crippen molar-refractivity contribution in [3.8, 4) is 0 Å². The van der Waals surface area contributed by atoms with E-state index in [1.807, 2.05) is 0 Å². The fraction of sp³-hybridized carbons (Fsp3) is 0.105. The van der Waals surface area contributed by atoms with Gasteiger partial charge in [-0.05, 0) is 50.2 Å². The zero-order valence-electron chi connectivity index (χ0n) is 15.6. The van der Waals surface area contributed by atoms with Crippen LogP contribution in [0.2, 0.25) is 0 Å². The summed E-state index contributed by atoms with van der Waals surface area (Å²) in [6.45, 7) is 3.40. The molecule has 1 aromatic heterocycles. The lowest BCUT2D eigenvalue weighted by molar-refractivity contribution is 0.262. The van der Waals surface area contributed by atoms with Crippen LogP contribution >= 0.6 is 0 Å². The minimum absolute atomic E-state index is 0.00789. The summed E-state index contributed by atoms with van der Waals surface area (Å²) in [5.74, 6) is 0.0509. The zero-order chi connectivity index (χ0) is 21.0. The third-order valence-electron chi connectivity index (χ3n) is 3.75. The molecule has 0 saturated heterocycles. The van der Waals surface area contributed by atoms with Gasteiger partial charge >= 0.3 is 6.03 Å². The van der Waals surface area contributed by atoms with Crippen molar-refractivity contribution in [1.29, 1.82) is 0 Å². The number of carbonyl (C=O) groups is 1. The van der Waals surface area contributed by atoms with Crippen LogP contribution in [-0.4, -0.2) is 24.4 Å². The van der Waals surface area contributed by atoms with Crippen molar-refractivity contribution < 1.29 is 17.6 Å². The molecule has 2 aromatic carbocycles. The average Bonchev–Trinajstić information content (AvgIpc) is 2.63. The van der Waals surface area contributed by atoms with E-state index in [1.165, 1.54) is 48.5 Å². The third kappa shape index (κ3) is 5.26. The lowest BCUT2D eigenvalue weighted by atomic mass is 10.3. The Balaban J connectivity index is 1.69. The summed E-state index contributed by atoms with van der Waals surface area (Å²) >= 11 is 0. The molecule has 0 aliphatic heterocycles. The van der Waals surface area contributed by atoms with E-state index in [2.05, 4.69) is 25.3 Å². The Kier molecular flexibility index (Phi) is 5.74. The molecule has 3 N–H and O–H groups in total. The number of carbonyl (C=O) groups excluding carboxylic acids is 1. The quantitative estimate of drug-likeness (QED) is 0.588. The summed E-state index contributed by atoms with van der Waals surface area (Å²) in [6.07, 6.45) is 0. The number of amides is 2. The molecule has 0 saturated carbocycles. The van der Waals surface area contributed by atoms with Gasteiger partial charge in [0.25, 0.3) is 10.0 Å². The van der Waals surface area contributed by atoms with Crippen molar-refractivity contribution in [2.75, 3.05) is 15.4 Å². The maximum Gasteiger partial charge on any atom is 0.323 e. The highest BCUT2D eigenvalue weighted by Gasteiger charge is 2.16. The molecule has 1 heterocycles. The zero-order valence-corrected chi connectivity index (χ0v) is 16.4. The summed E-state index contributed by atoms with van der Waals surface area (Å²) in [7, 11) is -3.86. The van der Waals surface area contributed by atoms with Gasteiger partial charge in [-0.25, -0.2) is 27.6 Å². The Labute approximate surface area is 167 Å². The highest BCUT2D eigenvalue weighted by atomic mass is 32.2. The molecule has 0 fully saturated rings. The van der Waals surface area contributed by atoms with E-state index in [4.69, 9.17) is 0 Å². The average molecular weight is 415 g/mol. The van der Waals surface area contributed by atoms with Gasteiger partial charge in [-0.15, -0.1) is 0 Å². The Morgan fingerprint density at radius 1 is 0.966 bits per heavy atom. The highest BCUT2D eigenvalue weighted by Crippen LogP contribution is 2.18. The van der Waals surface area contributed by atoms with Crippen LogP contribution < -0.4 is 15.4 Å². The molecule has 0 atom stereocenters. The van der Waals surface area contributed by atoms with Gasteiger partial charge in [0.2, 0.25) is 0 Å². The number of hydrogen-bond acceptors (Lipinski definition) is 5. The normalized spacial score (nSPS) is 11.0. The van der Waals surface area contributed by atoms with Gasteiger partial charge in [-0.1, -0.05) is 12.1 Å². The van der Waals surface area contributed by atoms with Crippen molar-refractivity contribution in [1.82, 2.24) is 9.97 Å². The molecule has 0 radical (unpaired) electrons. The maximum absolute atomic E-state index is 13.6. The van der Waals surface area contributed by atoms with Crippen LogP contribution in [0.5, 0.6) is 0 Å². The molecule has 0 aliphatic carbocycles. The molecule has 150 valence electrons. The lowest BCUT2D eigenvalue weighted by Crippen LogP contribution is -2.20. The highest BCUT2D eigenvalue weighted by molar-refractivity contribution is 7.92. The van der Waals surface area contributed by atoms with Crippen LogP contribution in [0.25, 0.3) is 0 Å². The van der Waals surface area contributed by atoms with Gasteiger partial charge in [0.1, 0.15) is 17.5 Å². The van der Waals surface area contributed by atoms with E-state index < -0.39 is 21.9 Å². The third-order valence-corrected chi connectivity index (χ3v) is 5.12. The molecular formula is C19H18FN5O3S. The van der Waals surface area contributed by atoms with E-state index >= 15 is 0 Å². The van der Waals surface area contributed by atoms with Crippen molar-refractivity contribution in [2.45, 2.75) is 18.7 Å². The molecule has 0 bridgehead atoms. The second-order valence-electron chi connectivity index (χ2n) is 6.13. The van der Waals surface area contributed by atoms with Gasteiger partial charge in [-0.3, -0.25) is 4.72 Å². The van der Waals surface area contributed by atoms with Crippen LogP contribution in [0, 0.1) is 19.7 Å². The van der Waals surface area contributed by atoms with E-state index in [-0.39, 0.29) is 16.4 Å². The minimum atomic E-state index is -3.86. The number of nitrogens with one attached hydrogen (secondary N) is 3. The molecule has 2 amide bonds. The number of halogens is 1. The van der Waals surface area contributed by atoms with E-state index in [9.17, 15) is 17.6 Å². The summed E-state index contributed by atoms with van der Waals surface area (Å²) in [5.41, 5.74) is 1.01. The summed E-state index contributed by atoms with van der Waals surface area (Å²) < 4.78 is 41.0. The number of para-hydroxylation sites is 1. The first-order chi connectivity index (χ1) is 13.7. The number of nitrogens with zero attached hydrogens (tertiary/aromatic N) is 2. The fourth-order valence-electron chi connectivity index (χ4n) is 2.53. The number of aryl methyl sites for hydroxylation is 2. The van der Waals surface area contributed by atoms with Gasteiger partial charge in [0, 0.05) is 17.4 Å². The van der Waals surface area contributed by atoms with E-state index in [0.29, 0.717) is 17.2 Å². The molecule has 0 unspecified atom stereocenters. The second-order valence-corrected chi connectivity index (χ2v) is 7.81. The van der Waals surface area contributed by atoms with Crippen LogP contribution in [-0.2, 0) is 10.0 Å². The van der Waals surface area contributed by atoms with Crippen LogP contribution in [0.15, 0.2) is 59.5 Å². The monoisotopic (exact) mass is 415 g/mol. The Morgan fingerprint density at radius 2 is 1.66 bits per heavy atom. The number of aromatic nitrogens is 2. The topological polar surface area (TPSA) is 113 Å². The number of rotatable bonds is 5. The second kappa shape index (κ2) is 8.23. The Hall–Kier alpha value is -3.53. The van der Waals surface area contributed by atoms with Gasteiger partial charge in [0.05, 0.1) is 10.6 Å².